The maximum atomic E-state index is 12.6. The Bertz CT molecular complexity index is 1260. The number of carbonyl (C=O) groups excluding carboxylic acids is 2. The van der Waals surface area contributed by atoms with Crippen LogP contribution in [0.4, 0.5) is 0 Å². The molecule has 0 aliphatic rings. The summed E-state index contributed by atoms with van der Waals surface area (Å²) < 4.78 is 5.51. The van der Waals surface area contributed by atoms with Crippen molar-refractivity contribution in [2.24, 2.45) is 0 Å². The summed E-state index contributed by atoms with van der Waals surface area (Å²) in [5.74, 6) is 0.00102. The number of amides is 1. The lowest BCUT2D eigenvalue weighted by Gasteiger charge is -2.22. The molecule has 0 aromatic carbocycles. The molecule has 6 nitrogen and oxygen atoms in total. The number of hydrogen-bond acceptors (Lipinski definition) is 5. The monoisotopic (exact) mass is 1210 g/mol. The Balaban J connectivity index is 3.32. The summed E-state index contributed by atoms with van der Waals surface area (Å²) in [5.41, 5.74) is 0. The van der Waals surface area contributed by atoms with Crippen molar-refractivity contribution in [3.8, 4) is 0 Å². The second-order valence-electron chi connectivity index (χ2n) is 28.1. The summed E-state index contributed by atoms with van der Waals surface area (Å²) in [7, 11) is 0. The second-order valence-corrected chi connectivity index (χ2v) is 28.1. The molecule has 0 aromatic rings. The quantitative estimate of drug-likeness (QED) is 0.0417. The first-order valence-corrected chi connectivity index (χ1v) is 40.3. The van der Waals surface area contributed by atoms with Gasteiger partial charge in [-0.1, -0.05) is 438 Å². The van der Waals surface area contributed by atoms with Gasteiger partial charge in [-0.25, -0.2) is 0 Å². The molecule has 0 fully saturated rings. The number of unbranched alkanes of at least 4 members (excludes halogenated alkanes) is 66. The Morgan fingerprint density at radius 1 is 0.279 bits per heavy atom. The highest BCUT2D eigenvalue weighted by Crippen LogP contribution is 2.21. The molecule has 0 radical (unpaired) electrons. The van der Waals surface area contributed by atoms with Gasteiger partial charge in [-0.2, -0.15) is 0 Å². The average Bonchev–Trinajstić information content (AvgIpc) is 3.52. The minimum atomic E-state index is -0.662. The molecule has 86 heavy (non-hydrogen) atoms. The SMILES string of the molecule is CCCCCCCCCCCCCCCCCCCCCCCCCC(O)C(CO)NC(=O)CCCCCCCCCCCCCCCCCCCCCCCCCCCCCCCCCOC(=O)CCCCCCCCCCCCCCCCC. The number of aliphatic hydroxyl groups excluding tert-OH is 2. The smallest absolute Gasteiger partial charge is 0.305 e. The van der Waals surface area contributed by atoms with Crippen molar-refractivity contribution in [3.05, 3.63) is 0 Å². The molecule has 0 saturated carbocycles. The fourth-order valence-corrected chi connectivity index (χ4v) is 13.3. The van der Waals surface area contributed by atoms with Crippen LogP contribution in [-0.2, 0) is 14.3 Å². The van der Waals surface area contributed by atoms with E-state index >= 15 is 0 Å². The molecule has 0 aliphatic carbocycles. The van der Waals surface area contributed by atoms with Crippen LogP contribution >= 0.6 is 0 Å². The van der Waals surface area contributed by atoms with Crippen molar-refractivity contribution < 1.29 is 24.5 Å². The van der Waals surface area contributed by atoms with Gasteiger partial charge in [0.15, 0.2) is 0 Å². The van der Waals surface area contributed by atoms with Crippen LogP contribution in [0.5, 0.6) is 0 Å². The highest BCUT2D eigenvalue weighted by atomic mass is 16.5. The fraction of sp³-hybridized carbons (Fsp3) is 0.975. The maximum absolute atomic E-state index is 12.6. The van der Waals surface area contributed by atoms with E-state index in [-0.39, 0.29) is 18.5 Å². The zero-order chi connectivity index (χ0) is 62.0. The summed E-state index contributed by atoms with van der Waals surface area (Å²) in [6.07, 6.45) is 94.9. The van der Waals surface area contributed by atoms with Crippen LogP contribution in [0.15, 0.2) is 0 Å². The van der Waals surface area contributed by atoms with Gasteiger partial charge in [-0.05, 0) is 25.7 Å². The number of ether oxygens (including phenoxy) is 1. The molecule has 0 bridgehead atoms. The highest BCUT2D eigenvalue weighted by Gasteiger charge is 2.20. The van der Waals surface area contributed by atoms with Crippen LogP contribution in [0.3, 0.4) is 0 Å². The molecule has 0 aliphatic heterocycles. The van der Waals surface area contributed by atoms with Crippen molar-refractivity contribution in [1.29, 1.82) is 0 Å². The van der Waals surface area contributed by atoms with Crippen LogP contribution in [-0.4, -0.2) is 47.4 Å². The normalized spacial score (nSPS) is 12.4. The van der Waals surface area contributed by atoms with Crippen molar-refractivity contribution in [2.75, 3.05) is 13.2 Å². The molecule has 1 amide bonds. The van der Waals surface area contributed by atoms with Crippen molar-refractivity contribution in [3.63, 3.8) is 0 Å². The van der Waals surface area contributed by atoms with E-state index in [2.05, 4.69) is 19.2 Å². The first-order chi connectivity index (χ1) is 42.5. The fourth-order valence-electron chi connectivity index (χ4n) is 13.3. The first kappa shape index (κ1) is 84.9. The number of rotatable bonds is 77. The van der Waals surface area contributed by atoms with Gasteiger partial charge < -0.3 is 20.3 Å². The molecule has 0 heterocycles. The predicted octanol–water partition coefficient (Wildman–Crippen LogP) is 26.5. The third-order valence-corrected chi connectivity index (χ3v) is 19.4. The van der Waals surface area contributed by atoms with E-state index in [0.29, 0.717) is 25.9 Å². The zero-order valence-electron chi connectivity index (χ0n) is 59.1. The molecule has 3 N–H and O–H groups in total. The van der Waals surface area contributed by atoms with E-state index in [9.17, 15) is 19.8 Å². The molecular formula is C80H159NO5. The number of esters is 1. The van der Waals surface area contributed by atoms with Crippen LogP contribution in [0.25, 0.3) is 0 Å². The standard InChI is InChI=1S/C80H159NO5/c1-3-5-7-9-11-13-15-17-19-20-21-22-32-35-38-41-45-48-52-56-60-64-68-72-78(83)77(76-82)81-79(84)73-69-65-61-57-53-49-46-42-39-36-33-30-28-26-24-23-25-27-29-31-34-37-40-43-47-51-55-59-63-67-71-75-86-80(85)74-70-66-62-58-54-50-44-18-16-14-12-10-8-6-4-2/h77-78,82-83H,3-76H2,1-2H3,(H,81,84). The summed E-state index contributed by atoms with van der Waals surface area (Å²) in [6, 6.07) is -0.538. The number of hydrogen-bond donors (Lipinski definition) is 3. The summed E-state index contributed by atoms with van der Waals surface area (Å²) in [5, 5.41) is 23.5. The molecule has 2 atom stereocenters. The Labute approximate surface area is 540 Å². The zero-order valence-corrected chi connectivity index (χ0v) is 59.1. The largest absolute Gasteiger partial charge is 0.466 e. The van der Waals surface area contributed by atoms with Crippen LogP contribution < -0.4 is 5.32 Å². The van der Waals surface area contributed by atoms with Crippen LogP contribution in [0.1, 0.15) is 476 Å². The average molecular weight is 1220 g/mol. The van der Waals surface area contributed by atoms with Gasteiger partial charge in [-0.15, -0.1) is 0 Å². The van der Waals surface area contributed by atoms with Crippen molar-refractivity contribution in [1.82, 2.24) is 5.32 Å². The van der Waals surface area contributed by atoms with Gasteiger partial charge in [0, 0.05) is 12.8 Å². The van der Waals surface area contributed by atoms with Gasteiger partial charge in [0.25, 0.3) is 0 Å². The molecule has 0 spiro atoms. The van der Waals surface area contributed by atoms with E-state index in [1.165, 1.54) is 405 Å². The van der Waals surface area contributed by atoms with Crippen LogP contribution in [0.2, 0.25) is 0 Å². The van der Waals surface area contributed by atoms with Gasteiger partial charge in [0.05, 0.1) is 25.4 Å². The van der Waals surface area contributed by atoms with Gasteiger partial charge >= 0.3 is 5.97 Å². The highest BCUT2D eigenvalue weighted by molar-refractivity contribution is 5.76. The number of aliphatic hydroxyl groups is 2. The van der Waals surface area contributed by atoms with E-state index < -0.39 is 12.1 Å². The second kappa shape index (κ2) is 76.3. The Hall–Kier alpha value is -1.14. The van der Waals surface area contributed by atoms with Crippen molar-refractivity contribution >= 4 is 11.9 Å². The lowest BCUT2D eigenvalue weighted by molar-refractivity contribution is -0.143. The molecule has 2 unspecified atom stereocenters. The Morgan fingerprint density at radius 2 is 0.477 bits per heavy atom. The van der Waals surface area contributed by atoms with Crippen LogP contribution in [0, 0.1) is 0 Å². The molecule has 0 saturated heterocycles. The Morgan fingerprint density at radius 3 is 0.709 bits per heavy atom. The summed E-state index contributed by atoms with van der Waals surface area (Å²) >= 11 is 0. The van der Waals surface area contributed by atoms with E-state index in [0.717, 1.165) is 38.5 Å². The summed E-state index contributed by atoms with van der Waals surface area (Å²) in [6.45, 7) is 5.02. The molecule has 0 rings (SSSR count). The minimum absolute atomic E-state index is 0.0242. The molecular weight excluding hydrogens is 1050 g/mol. The molecule has 6 heteroatoms. The van der Waals surface area contributed by atoms with Gasteiger partial charge in [-0.3, -0.25) is 9.59 Å². The summed E-state index contributed by atoms with van der Waals surface area (Å²) in [4.78, 5) is 24.7. The number of carbonyl (C=O) groups is 2. The topological polar surface area (TPSA) is 95.9 Å². The third kappa shape index (κ3) is 71.9. The lowest BCUT2D eigenvalue weighted by Crippen LogP contribution is -2.45. The molecule has 514 valence electrons. The van der Waals surface area contributed by atoms with E-state index in [1.807, 2.05) is 0 Å². The predicted molar refractivity (Wildman–Crippen MR) is 380 cm³/mol. The lowest BCUT2D eigenvalue weighted by atomic mass is 10.0. The first-order valence-electron chi connectivity index (χ1n) is 40.3. The van der Waals surface area contributed by atoms with Gasteiger partial charge in [0.1, 0.15) is 0 Å². The minimum Gasteiger partial charge on any atom is -0.466 e. The van der Waals surface area contributed by atoms with Crippen molar-refractivity contribution in [2.45, 2.75) is 488 Å². The molecule has 0 aromatic heterocycles. The van der Waals surface area contributed by atoms with E-state index in [1.54, 1.807) is 0 Å². The van der Waals surface area contributed by atoms with Gasteiger partial charge in [0.2, 0.25) is 5.91 Å². The maximum Gasteiger partial charge on any atom is 0.305 e. The third-order valence-electron chi connectivity index (χ3n) is 19.4. The van der Waals surface area contributed by atoms with E-state index in [4.69, 9.17) is 4.74 Å². The Kier molecular flexibility index (Phi) is 75.3. The number of nitrogens with one attached hydrogen (secondary N) is 1.